The Morgan fingerprint density at radius 3 is 2.63 bits per heavy atom. The number of hydrogen-bond donors (Lipinski definition) is 1. The zero-order valence-electron chi connectivity index (χ0n) is 10.7. The Bertz CT molecular complexity index is 543. The van der Waals surface area contributed by atoms with Crippen molar-refractivity contribution in [2.24, 2.45) is 5.41 Å². The molecule has 4 nitrogen and oxygen atoms in total. The second-order valence-electron chi connectivity index (χ2n) is 5.10. The number of benzene rings is 1. The summed E-state index contributed by atoms with van der Waals surface area (Å²) in [4.78, 5) is 13.3. The van der Waals surface area contributed by atoms with E-state index in [2.05, 4.69) is 26.9 Å². The van der Waals surface area contributed by atoms with Crippen LogP contribution >= 0.6 is 15.9 Å². The van der Waals surface area contributed by atoms with E-state index in [0.717, 1.165) is 10.2 Å². The van der Waals surface area contributed by atoms with Gasteiger partial charge in [-0.25, -0.2) is 0 Å². The SMILES string of the molecule is CC1(C(=O)O)CCN(c2cccc(Br)c2C#N)CC1. The normalized spacial score (nSPS) is 17.8. The van der Waals surface area contributed by atoms with Crippen LogP contribution in [0.15, 0.2) is 22.7 Å². The fourth-order valence-corrected chi connectivity index (χ4v) is 2.79. The molecule has 1 aliphatic rings. The largest absolute Gasteiger partial charge is 0.481 e. The van der Waals surface area contributed by atoms with Crippen molar-refractivity contribution in [3.8, 4) is 6.07 Å². The third kappa shape index (κ3) is 2.59. The first-order valence-corrected chi connectivity index (χ1v) is 6.94. The van der Waals surface area contributed by atoms with Crippen LogP contribution in [-0.4, -0.2) is 24.2 Å². The number of nitrogens with zero attached hydrogens (tertiary/aromatic N) is 2. The van der Waals surface area contributed by atoms with Crippen molar-refractivity contribution >= 4 is 27.6 Å². The quantitative estimate of drug-likeness (QED) is 0.909. The number of piperidine rings is 1. The summed E-state index contributed by atoms with van der Waals surface area (Å²) in [6.45, 7) is 3.11. The van der Waals surface area contributed by atoms with E-state index in [-0.39, 0.29) is 0 Å². The summed E-state index contributed by atoms with van der Waals surface area (Å²) < 4.78 is 0.777. The van der Waals surface area contributed by atoms with Crippen LogP contribution in [-0.2, 0) is 4.79 Å². The molecule has 0 saturated carbocycles. The summed E-state index contributed by atoms with van der Waals surface area (Å²) in [6, 6.07) is 7.84. The third-order valence-corrected chi connectivity index (χ3v) is 4.49. The summed E-state index contributed by atoms with van der Waals surface area (Å²) in [5.41, 5.74) is 0.848. The second-order valence-corrected chi connectivity index (χ2v) is 5.95. The maximum absolute atomic E-state index is 11.2. The average Bonchev–Trinajstić information content (AvgIpc) is 2.39. The lowest BCUT2D eigenvalue weighted by Gasteiger charge is -2.38. The highest BCUT2D eigenvalue weighted by molar-refractivity contribution is 9.10. The van der Waals surface area contributed by atoms with E-state index >= 15 is 0 Å². The molecule has 1 saturated heterocycles. The van der Waals surface area contributed by atoms with E-state index in [1.165, 1.54) is 0 Å². The van der Waals surface area contributed by atoms with Gasteiger partial charge in [0.2, 0.25) is 0 Å². The Morgan fingerprint density at radius 2 is 2.11 bits per heavy atom. The molecular weight excluding hydrogens is 308 g/mol. The average molecular weight is 323 g/mol. The number of carbonyl (C=O) groups is 1. The summed E-state index contributed by atoms with van der Waals surface area (Å²) in [5.74, 6) is -0.734. The number of hydrogen-bond acceptors (Lipinski definition) is 3. The molecule has 0 aliphatic carbocycles. The van der Waals surface area contributed by atoms with Gasteiger partial charge in [0.1, 0.15) is 6.07 Å². The zero-order chi connectivity index (χ0) is 14.0. The van der Waals surface area contributed by atoms with Gasteiger partial charge in [0.15, 0.2) is 0 Å². The molecule has 0 bridgehead atoms. The van der Waals surface area contributed by atoms with E-state index < -0.39 is 11.4 Å². The minimum absolute atomic E-state index is 0.597. The van der Waals surface area contributed by atoms with Crippen LogP contribution in [0.4, 0.5) is 5.69 Å². The number of aliphatic carboxylic acids is 1. The van der Waals surface area contributed by atoms with E-state index in [9.17, 15) is 15.2 Å². The monoisotopic (exact) mass is 322 g/mol. The smallest absolute Gasteiger partial charge is 0.309 e. The molecule has 1 aromatic rings. The van der Waals surface area contributed by atoms with Gasteiger partial charge in [-0.15, -0.1) is 0 Å². The first-order chi connectivity index (χ1) is 8.98. The molecule has 2 rings (SSSR count). The van der Waals surface area contributed by atoms with Gasteiger partial charge in [-0.1, -0.05) is 6.07 Å². The summed E-state index contributed by atoms with van der Waals surface area (Å²) >= 11 is 3.38. The molecule has 1 fully saturated rings. The van der Waals surface area contributed by atoms with Gasteiger partial charge >= 0.3 is 5.97 Å². The van der Waals surface area contributed by atoms with Crippen molar-refractivity contribution in [1.82, 2.24) is 0 Å². The molecule has 0 amide bonds. The van der Waals surface area contributed by atoms with Crippen molar-refractivity contribution in [3.05, 3.63) is 28.2 Å². The van der Waals surface area contributed by atoms with E-state index in [1.54, 1.807) is 6.92 Å². The molecule has 1 heterocycles. The maximum Gasteiger partial charge on any atom is 0.309 e. The molecule has 0 aromatic heterocycles. The van der Waals surface area contributed by atoms with E-state index in [4.69, 9.17) is 0 Å². The zero-order valence-corrected chi connectivity index (χ0v) is 12.3. The Kier molecular flexibility index (Phi) is 3.81. The van der Waals surface area contributed by atoms with Gasteiger partial charge in [0, 0.05) is 17.6 Å². The number of rotatable bonds is 2. The Hall–Kier alpha value is -1.54. The number of halogens is 1. The highest BCUT2D eigenvalue weighted by atomic mass is 79.9. The minimum atomic E-state index is -0.734. The molecule has 1 aliphatic heterocycles. The van der Waals surface area contributed by atoms with Crippen LogP contribution in [0.1, 0.15) is 25.3 Å². The van der Waals surface area contributed by atoms with Crippen LogP contribution in [0, 0.1) is 16.7 Å². The molecule has 19 heavy (non-hydrogen) atoms. The molecule has 100 valence electrons. The first kappa shape index (κ1) is 13.9. The highest BCUT2D eigenvalue weighted by Gasteiger charge is 2.37. The van der Waals surface area contributed by atoms with E-state index in [0.29, 0.717) is 31.5 Å². The molecule has 0 atom stereocenters. The third-order valence-electron chi connectivity index (χ3n) is 3.83. The number of nitriles is 1. The Morgan fingerprint density at radius 1 is 1.47 bits per heavy atom. The van der Waals surface area contributed by atoms with Gasteiger partial charge in [-0.3, -0.25) is 4.79 Å². The summed E-state index contributed by atoms with van der Waals surface area (Å²) in [7, 11) is 0. The van der Waals surface area contributed by atoms with Crippen LogP contribution in [0.5, 0.6) is 0 Å². The van der Waals surface area contributed by atoms with Crippen LogP contribution in [0.2, 0.25) is 0 Å². The van der Waals surface area contributed by atoms with Crippen molar-refractivity contribution in [2.75, 3.05) is 18.0 Å². The standard InChI is InChI=1S/C14H15BrN2O2/c1-14(13(18)19)5-7-17(8-6-14)12-4-2-3-11(15)10(12)9-16/h2-4H,5-8H2,1H3,(H,18,19). The van der Waals surface area contributed by atoms with Gasteiger partial charge in [0.25, 0.3) is 0 Å². The van der Waals surface area contributed by atoms with Crippen molar-refractivity contribution in [3.63, 3.8) is 0 Å². The van der Waals surface area contributed by atoms with Crippen molar-refractivity contribution in [2.45, 2.75) is 19.8 Å². The maximum atomic E-state index is 11.2. The van der Waals surface area contributed by atoms with Crippen LogP contribution in [0.3, 0.4) is 0 Å². The van der Waals surface area contributed by atoms with E-state index in [1.807, 2.05) is 18.2 Å². The van der Waals surface area contributed by atoms with Gasteiger partial charge in [-0.05, 0) is 47.8 Å². The molecule has 0 spiro atoms. The predicted molar refractivity (Wildman–Crippen MR) is 76.0 cm³/mol. The molecule has 0 radical (unpaired) electrons. The van der Waals surface area contributed by atoms with Crippen LogP contribution in [0.25, 0.3) is 0 Å². The molecule has 5 heteroatoms. The number of carboxylic acids is 1. The first-order valence-electron chi connectivity index (χ1n) is 6.15. The van der Waals surface area contributed by atoms with Crippen molar-refractivity contribution in [1.29, 1.82) is 5.26 Å². The fourth-order valence-electron chi connectivity index (χ4n) is 2.34. The molecule has 0 unspecified atom stereocenters. The lowest BCUT2D eigenvalue weighted by atomic mass is 9.80. The molecule has 1 N–H and O–H groups in total. The topological polar surface area (TPSA) is 64.3 Å². The molecular formula is C14H15BrN2O2. The number of anilines is 1. The highest BCUT2D eigenvalue weighted by Crippen LogP contribution is 2.35. The second kappa shape index (κ2) is 5.22. The van der Waals surface area contributed by atoms with Crippen molar-refractivity contribution < 1.29 is 9.90 Å². The summed E-state index contributed by atoms with van der Waals surface area (Å²) in [5, 5.41) is 18.4. The number of carboxylic acid groups (broad SMARTS) is 1. The van der Waals surface area contributed by atoms with Crippen LogP contribution < -0.4 is 4.90 Å². The van der Waals surface area contributed by atoms with Gasteiger partial charge in [0.05, 0.1) is 16.7 Å². The minimum Gasteiger partial charge on any atom is -0.481 e. The fraction of sp³-hybridized carbons (Fsp3) is 0.429. The lowest BCUT2D eigenvalue weighted by Crippen LogP contribution is -2.43. The molecule has 1 aromatic carbocycles. The predicted octanol–water partition coefficient (Wildman–Crippen LogP) is 3.01. The summed E-state index contributed by atoms with van der Waals surface area (Å²) in [6.07, 6.45) is 1.19. The Labute approximate surface area is 120 Å². The van der Waals surface area contributed by atoms with Gasteiger partial charge < -0.3 is 10.0 Å². The lowest BCUT2D eigenvalue weighted by molar-refractivity contribution is -0.149. The van der Waals surface area contributed by atoms with Gasteiger partial charge in [-0.2, -0.15) is 5.26 Å². The Balaban J connectivity index is 2.22.